The Morgan fingerprint density at radius 1 is 1.41 bits per heavy atom. The lowest BCUT2D eigenvalue weighted by molar-refractivity contribution is -0.128. The number of hydrazine groups is 1. The summed E-state index contributed by atoms with van der Waals surface area (Å²) in [5, 5.41) is 0.738. The van der Waals surface area contributed by atoms with Crippen LogP contribution >= 0.6 is 23.4 Å². The first kappa shape index (κ1) is 14.4. The Bertz CT molecular complexity index is 379. The van der Waals surface area contributed by atoms with E-state index in [9.17, 15) is 4.79 Å². The third kappa shape index (κ3) is 4.58. The van der Waals surface area contributed by atoms with Crippen molar-refractivity contribution in [2.75, 3.05) is 5.75 Å². The molecular weight excluding hydrogens is 256 g/mol. The molecule has 0 aliphatic carbocycles. The van der Waals surface area contributed by atoms with Crippen LogP contribution in [0, 0.1) is 5.41 Å². The zero-order valence-corrected chi connectivity index (χ0v) is 11.6. The fourth-order valence-electron chi connectivity index (χ4n) is 1.27. The molecule has 0 spiro atoms. The fraction of sp³-hybridized carbons (Fsp3) is 0.417. The van der Waals surface area contributed by atoms with E-state index in [1.165, 1.54) is 5.56 Å². The topological polar surface area (TPSA) is 55.1 Å². The van der Waals surface area contributed by atoms with E-state index in [-0.39, 0.29) is 5.91 Å². The number of halogens is 1. The van der Waals surface area contributed by atoms with Crippen LogP contribution in [-0.4, -0.2) is 11.7 Å². The Hall–Kier alpha value is -0.710. The molecule has 5 heteroatoms. The lowest BCUT2D eigenvalue weighted by Crippen LogP contribution is -2.42. The standard InChI is InChI=1S/C12H17ClN2OS/c1-12(2,11(16)15-14)8-17-7-9-3-5-10(13)6-4-9/h3-6H,7-8,14H2,1-2H3,(H,15,16). The minimum Gasteiger partial charge on any atom is -0.294 e. The SMILES string of the molecule is CC(C)(CSCc1ccc(Cl)cc1)C(=O)NN. The minimum atomic E-state index is -0.453. The van der Waals surface area contributed by atoms with Gasteiger partial charge in [-0.25, -0.2) is 5.84 Å². The van der Waals surface area contributed by atoms with Crippen molar-refractivity contribution in [3.05, 3.63) is 34.9 Å². The summed E-state index contributed by atoms with van der Waals surface area (Å²) in [5.74, 6) is 6.58. The molecule has 1 rings (SSSR count). The van der Waals surface area contributed by atoms with Gasteiger partial charge >= 0.3 is 0 Å². The highest BCUT2D eigenvalue weighted by Crippen LogP contribution is 2.24. The van der Waals surface area contributed by atoms with E-state index < -0.39 is 5.41 Å². The molecule has 0 saturated carbocycles. The number of hydrogen-bond acceptors (Lipinski definition) is 3. The van der Waals surface area contributed by atoms with Crippen molar-refractivity contribution in [1.82, 2.24) is 5.43 Å². The van der Waals surface area contributed by atoms with Gasteiger partial charge in [-0.1, -0.05) is 37.6 Å². The summed E-state index contributed by atoms with van der Waals surface area (Å²) in [6, 6.07) is 7.72. The summed E-state index contributed by atoms with van der Waals surface area (Å²) in [6.45, 7) is 3.76. The lowest BCUT2D eigenvalue weighted by Gasteiger charge is -2.21. The number of nitrogens with one attached hydrogen (secondary N) is 1. The number of carbonyl (C=O) groups excluding carboxylic acids is 1. The van der Waals surface area contributed by atoms with Crippen molar-refractivity contribution in [3.8, 4) is 0 Å². The maximum absolute atomic E-state index is 11.5. The highest BCUT2D eigenvalue weighted by molar-refractivity contribution is 7.98. The molecule has 17 heavy (non-hydrogen) atoms. The van der Waals surface area contributed by atoms with Crippen LogP contribution in [0.25, 0.3) is 0 Å². The molecule has 0 aliphatic rings. The molecule has 0 aromatic heterocycles. The third-order valence-electron chi connectivity index (χ3n) is 2.39. The van der Waals surface area contributed by atoms with Crippen molar-refractivity contribution in [2.24, 2.45) is 11.3 Å². The monoisotopic (exact) mass is 272 g/mol. The molecule has 0 aliphatic heterocycles. The van der Waals surface area contributed by atoms with Crippen LogP contribution in [0.5, 0.6) is 0 Å². The average molecular weight is 273 g/mol. The van der Waals surface area contributed by atoms with Gasteiger partial charge in [0.1, 0.15) is 0 Å². The van der Waals surface area contributed by atoms with Gasteiger partial charge in [-0.15, -0.1) is 0 Å². The molecule has 94 valence electrons. The Balaban J connectivity index is 2.42. The second kappa shape index (κ2) is 6.28. The van der Waals surface area contributed by atoms with Crippen LogP contribution in [0.15, 0.2) is 24.3 Å². The first-order valence-corrected chi connectivity index (χ1v) is 6.82. The quantitative estimate of drug-likeness (QED) is 0.492. The van der Waals surface area contributed by atoms with Crippen LogP contribution in [-0.2, 0) is 10.5 Å². The molecule has 3 N–H and O–H groups in total. The molecule has 0 saturated heterocycles. The van der Waals surface area contributed by atoms with Gasteiger partial charge in [-0.3, -0.25) is 10.2 Å². The number of benzene rings is 1. The molecule has 1 aromatic rings. The third-order valence-corrected chi connectivity index (χ3v) is 4.11. The Morgan fingerprint density at radius 2 is 2.00 bits per heavy atom. The van der Waals surface area contributed by atoms with Gasteiger partial charge in [0.05, 0.1) is 5.41 Å². The number of nitrogens with two attached hydrogens (primary N) is 1. The minimum absolute atomic E-state index is 0.138. The molecular formula is C12H17ClN2OS. The van der Waals surface area contributed by atoms with Crippen LogP contribution in [0.4, 0.5) is 0 Å². The largest absolute Gasteiger partial charge is 0.294 e. The van der Waals surface area contributed by atoms with Gasteiger partial charge in [0.15, 0.2) is 0 Å². The molecule has 0 unspecified atom stereocenters. The number of hydrogen-bond donors (Lipinski definition) is 2. The maximum atomic E-state index is 11.5. The smallest absolute Gasteiger partial charge is 0.240 e. The highest BCUT2D eigenvalue weighted by Gasteiger charge is 2.26. The van der Waals surface area contributed by atoms with Crippen molar-refractivity contribution in [3.63, 3.8) is 0 Å². The predicted octanol–water partition coefficient (Wildman–Crippen LogP) is 2.59. The molecule has 0 radical (unpaired) electrons. The summed E-state index contributed by atoms with van der Waals surface area (Å²) < 4.78 is 0. The van der Waals surface area contributed by atoms with E-state index in [1.807, 2.05) is 38.1 Å². The number of thioether (sulfide) groups is 1. The Morgan fingerprint density at radius 3 is 2.53 bits per heavy atom. The van der Waals surface area contributed by atoms with E-state index in [1.54, 1.807) is 11.8 Å². The lowest BCUT2D eigenvalue weighted by atomic mass is 9.96. The van der Waals surface area contributed by atoms with E-state index in [0.29, 0.717) is 0 Å². The number of rotatable bonds is 5. The Kier molecular flexibility index (Phi) is 5.31. The fourth-order valence-corrected chi connectivity index (χ4v) is 2.56. The zero-order valence-electron chi connectivity index (χ0n) is 10.00. The van der Waals surface area contributed by atoms with Crippen LogP contribution in [0.3, 0.4) is 0 Å². The summed E-state index contributed by atoms with van der Waals surface area (Å²) in [4.78, 5) is 11.5. The van der Waals surface area contributed by atoms with Gasteiger partial charge in [-0.05, 0) is 17.7 Å². The molecule has 0 atom stereocenters. The van der Waals surface area contributed by atoms with E-state index >= 15 is 0 Å². The number of amides is 1. The van der Waals surface area contributed by atoms with Crippen molar-refractivity contribution in [1.29, 1.82) is 0 Å². The normalized spacial score (nSPS) is 11.3. The first-order valence-electron chi connectivity index (χ1n) is 5.29. The first-order chi connectivity index (χ1) is 7.95. The average Bonchev–Trinajstić information content (AvgIpc) is 2.30. The van der Waals surface area contributed by atoms with Crippen molar-refractivity contribution >= 4 is 29.3 Å². The Labute approximate surface area is 111 Å². The number of carbonyl (C=O) groups is 1. The maximum Gasteiger partial charge on any atom is 0.240 e. The summed E-state index contributed by atoms with van der Waals surface area (Å²) in [6.07, 6.45) is 0. The molecule has 0 fully saturated rings. The van der Waals surface area contributed by atoms with Crippen LogP contribution in [0.2, 0.25) is 5.02 Å². The van der Waals surface area contributed by atoms with Crippen molar-refractivity contribution < 1.29 is 4.79 Å². The van der Waals surface area contributed by atoms with Gasteiger partial charge in [-0.2, -0.15) is 11.8 Å². The molecule has 1 amide bonds. The summed E-state index contributed by atoms with van der Waals surface area (Å²) >= 11 is 7.51. The molecule has 1 aromatic carbocycles. The summed E-state index contributed by atoms with van der Waals surface area (Å²) in [5.41, 5.74) is 2.94. The van der Waals surface area contributed by atoms with Crippen molar-refractivity contribution in [2.45, 2.75) is 19.6 Å². The van der Waals surface area contributed by atoms with E-state index in [2.05, 4.69) is 5.43 Å². The zero-order chi connectivity index (χ0) is 12.9. The van der Waals surface area contributed by atoms with Gasteiger partial charge < -0.3 is 0 Å². The van der Waals surface area contributed by atoms with Gasteiger partial charge in [0.25, 0.3) is 0 Å². The molecule has 0 heterocycles. The van der Waals surface area contributed by atoms with E-state index in [4.69, 9.17) is 17.4 Å². The van der Waals surface area contributed by atoms with Crippen LogP contribution in [0.1, 0.15) is 19.4 Å². The highest BCUT2D eigenvalue weighted by atomic mass is 35.5. The van der Waals surface area contributed by atoms with Gasteiger partial charge in [0, 0.05) is 16.5 Å². The van der Waals surface area contributed by atoms with Gasteiger partial charge in [0.2, 0.25) is 5.91 Å². The molecule has 3 nitrogen and oxygen atoms in total. The second-order valence-electron chi connectivity index (χ2n) is 4.48. The summed E-state index contributed by atoms with van der Waals surface area (Å²) in [7, 11) is 0. The van der Waals surface area contributed by atoms with Crippen LogP contribution < -0.4 is 11.3 Å². The van der Waals surface area contributed by atoms with E-state index in [0.717, 1.165) is 16.5 Å². The second-order valence-corrected chi connectivity index (χ2v) is 5.90. The molecule has 0 bridgehead atoms. The predicted molar refractivity (Wildman–Crippen MR) is 73.7 cm³/mol.